The lowest BCUT2D eigenvalue weighted by Gasteiger charge is -2.52. The van der Waals surface area contributed by atoms with Gasteiger partial charge in [0.1, 0.15) is 11.8 Å². The molecule has 3 rings (SSSR count). The molecule has 1 aliphatic carbocycles. The first-order chi connectivity index (χ1) is 9.78. The Morgan fingerprint density at radius 2 is 1.85 bits per heavy atom. The molecule has 0 atom stereocenters. The summed E-state index contributed by atoms with van der Waals surface area (Å²) in [7, 11) is 1.68. The van der Waals surface area contributed by atoms with E-state index in [1.807, 2.05) is 18.2 Å². The third-order valence-electron chi connectivity index (χ3n) is 4.87. The highest BCUT2D eigenvalue weighted by Gasteiger charge is 2.43. The second-order valence-electron chi connectivity index (χ2n) is 6.24. The van der Waals surface area contributed by atoms with Crippen LogP contribution in [0.4, 0.5) is 5.69 Å². The van der Waals surface area contributed by atoms with Gasteiger partial charge >= 0.3 is 0 Å². The number of ether oxygens (including phenoxy) is 1. The summed E-state index contributed by atoms with van der Waals surface area (Å²) in [6.07, 6.45) is 8.20. The molecular formula is C17H22N2O. The molecule has 0 N–H and O–H groups in total. The zero-order valence-electron chi connectivity index (χ0n) is 12.2. The van der Waals surface area contributed by atoms with E-state index in [1.54, 1.807) is 7.11 Å². The van der Waals surface area contributed by atoms with Crippen molar-refractivity contribution >= 4 is 5.69 Å². The second kappa shape index (κ2) is 5.36. The minimum absolute atomic E-state index is 0.504. The summed E-state index contributed by atoms with van der Waals surface area (Å²) in [6, 6.07) is 8.03. The fraction of sp³-hybridized carbons (Fsp3) is 0.588. The fourth-order valence-electron chi connectivity index (χ4n) is 3.82. The number of para-hydroxylation sites is 1. The molecule has 1 aliphatic heterocycles. The van der Waals surface area contributed by atoms with Crippen LogP contribution in [0.2, 0.25) is 0 Å². The van der Waals surface area contributed by atoms with Crippen LogP contribution in [0, 0.1) is 16.7 Å². The van der Waals surface area contributed by atoms with Crippen molar-refractivity contribution in [2.24, 2.45) is 5.41 Å². The number of nitriles is 1. The zero-order valence-corrected chi connectivity index (χ0v) is 12.2. The maximum absolute atomic E-state index is 9.32. The molecular weight excluding hydrogens is 248 g/mol. The number of anilines is 1. The van der Waals surface area contributed by atoms with Crippen molar-refractivity contribution in [3.63, 3.8) is 0 Å². The largest absolute Gasteiger partial charge is 0.495 e. The van der Waals surface area contributed by atoms with Crippen LogP contribution in [0.25, 0.3) is 0 Å². The topological polar surface area (TPSA) is 36.3 Å². The molecule has 0 unspecified atom stereocenters. The van der Waals surface area contributed by atoms with Gasteiger partial charge in [-0.25, -0.2) is 0 Å². The van der Waals surface area contributed by atoms with Gasteiger partial charge < -0.3 is 9.64 Å². The summed E-state index contributed by atoms with van der Waals surface area (Å²) < 4.78 is 5.45. The van der Waals surface area contributed by atoms with Crippen LogP contribution in [0.1, 0.15) is 44.1 Å². The first kappa shape index (κ1) is 13.3. The van der Waals surface area contributed by atoms with Gasteiger partial charge in [-0.1, -0.05) is 31.7 Å². The fourth-order valence-corrected chi connectivity index (χ4v) is 3.82. The highest BCUT2D eigenvalue weighted by Crippen LogP contribution is 2.47. The maximum atomic E-state index is 9.32. The molecule has 1 aromatic carbocycles. The number of nitrogens with zero attached hydrogens (tertiary/aromatic N) is 2. The number of benzene rings is 1. The average molecular weight is 270 g/mol. The number of hydrogen-bond donors (Lipinski definition) is 0. The Hall–Kier alpha value is -1.69. The molecule has 0 amide bonds. The molecule has 1 heterocycles. The summed E-state index contributed by atoms with van der Waals surface area (Å²) in [4.78, 5) is 2.34. The lowest BCUT2D eigenvalue weighted by Crippen LogP contribution is -2.56. The lowest BCUT2D eigenvalue weighted by atomic mass is 9.73. The van der Waals surface area contributed by atoms with Crippen LogP contribution in [-0.2, 0) is 0 Å². The van der Waals surface area contributed by atoms with Crippen LogP contribution >= 0.6 is 0 Å². The zero-order chi connectivity index (χ0) is 14.0. The molecule has 2 fully saturated rings. The van der Waals surface area contributed by atoms with Gasteiger partial charge in [0.2, 0.25) is 0 Å². The molecule has 0 aromatic heterocycles. The lowest BCUT2D eigenvalue weighted by molar-refractivity contribution is 0.179. The summed E-state index contributed by atoms with van der Waals surface area (Å²) in [6.45, 7) is 2.17. The van der Waals surface area contributed by atoms with Gasteiger partial charge in [-0.05, 0) is 25.0 Å². The molecule has 106 valence electrons. The van der Waals surface area contributed by atoms with Crippen LogP contribution in [0.15, 0.2) is 18.2 Å². The molecule has 3 nitrogen and oxygen atoms in total. The Morgan fingerprint density at radius 3 is 2.45 bits per heavy atom. The smallest absolute Gasteiger partial charge is 0.143 e. The van der Waals surface area contributed by atoms with Gasteiger partial charge in [-0.15, -0.1) is 0 Å². The van der Waals surface area contributed by atoms with Crippen molar-refractivity contribution in [3.05, 3.63) is 23.8 Å². The van der Waals surface area contributed by atoms with E-state index in [0.717, 1.165) is 30.1 Å². The summed E-state index contributed by atoms with van der Waals surface area (Å²) in [5.74, 6) is 0.826. The molecule has 1 aromatic rings. The van der Waals surface area contributed by atoms with E-state index in [-0.39, 0.29) is 0 Å². The molecule has 1 saturated heterocycles. The van der Waals surface area contributed by atoms with Crippen molar-refractivity contribution in [2.45, 2.75) is 38.5 Å². The molecule has 2 aliphatic rings. The molecule has 0 bridgehead atoms. The molecule has 0 radical (unpaired) electrons. The van der Waals surface area contributed by atoms with Gasteiger partial charge in [-0.2, -0.15) is 5.26 Å². The average Bonchev–Trinajstić information content (AvgIpc) is 2.70. The van der Waals surface area contributed by atoms with Crippen molar-refractivity contribution in [1.29, 1.82) is 5.26 Å². The third-order valence-corrected chi connectivity index (χ3v) is 4.87. The van der Waals surface area contributed by atoms with Gasteiger partial charge in [0.05, 0.1) is 18.4 Å². The van der Waals surface area contributed by atoms with Crippen LogP contribution in [-0.4, -0.2) is 20.2 Å². The van der Waals surface area contributed by atoms with Gasteiger partial charge in [-0.3, -0.25) is 0 Å². The number of methoxy groups -OCH3 is 1. The predicted molar refractivity (Wildman–Crippen MR) is 80.1 cm³/mol. The van der Waals surface area contributed by atoms with E-state index in [2.05, 4.69) is 11.0 Å². The van der Waals surface area contributed by atoms with Gasteiger partial charge in [0.15, 0.2) is 0 Å². The Morgan fingerprint density at radius 1 is 1.15 bits per heavy atom. The van der Waals surface area contributed by atoms with Crippen molar-refractivity contribution in [3.8, 4) is 11.8 Å². The summed E-state index contributed by atoms with van der Waals surface area (Å²) in [5, 5.41) is 9.32. The third kappa shape index (κ3) is 2.24. The van der Waals surface area contributed by atoms with E-state index >= 15 is 0 Å². The van der Waals surface area contributed by atoms with Crippen molar-refractivity contribution in [1.82, 2.24) is 0 Å². The van der Waals surface area contributed by atoms with Crippen LogP contribution in [0.3, 0.4) is 0 Å². The monoisotopic (exact) mass is 270 g/mol. The van der Waals surface area contributed by atoms with E-state index < -0.39 is 0 Å². The van der Waals surface area contributed by atoms with Gasteiger partial charge in [0, 0.05) is 18.5 Å². The van der Waals surface area contributed by atoms with Crippen LogP contribution in [0.5, 0.6) is 5.75 Å². The summed E-state index contributed by atoms with van der Waals surface area (Å²) >= 11 is 0. The van der Waals surface area contributed by atoms with Crippen molar-refractivity contribution < 1.29 is 4.74 Å². The van der Waals surface area contributed by atoms with E-state index in [0.29, 0.717) is 5.41 Å². The normalized spacial score (nSPS) is 20.9. The Labute approximate surface area is 121 Å². The standard InChI is InChI=1S/C17H22N2O/c1-20-15-8-6-7-14(11-18)16(15)19-12-17(13-19)9-4-2-3-5-10-17/h6-8H,2-5,9-10,12-13H2,1H3. The highest BCUT2D eigenvalue weighted by atomic mass is 16.5. The quantitative estimate of drug-likeness (QED) is 0.821. The number of hydrogen-bond acceptors (Lipinski definition) is 3. The number of rotatable bonds is 2. The van der Waals surface area contributed by atoms with Gasteiger partial charge in [0.25, 0.3) is 0 Å². The molecule has 3 heteroatoms. The van der Waals surface area contributed by atoms with E-state index in [1.165, 1.54) is 38.5 Å². The Kier molecular flexibility index (Phi) is 3.56. The van der Waals surface area contributed by atoms with Crippen LogP contribution < -0.4 is 9.64 Å². The first-order valence-corrected chi connectivity index (χ1v) is 7.60. The summed E-state index contributed by atoms with van der Waals surface area (Å²) in [5.41, 5.74) is 2.23. The Balaban J connectivity index is 1.81. The first-order valence-electron chi connectivity index (χ1n) is 7.60. The second-order valence-corrected chi connectivity index (χ2v) is 6.24. The minimum atomic E-state index is 0.504. The SMILES string of the molecule is COc1cccc(C#N)c1N1CC2(CCCCCC2)C1. The minimum Gasteiger partial charge on any atom is -0.495 e. The van der Waals surface area contributed by atoms with E-state index in [4.69, 9.17) is 4.74 Å². The predicted octanol–water partition coefficient (Wildman–Crippen LogP) is 3.73. The highest BCUT2D eigenvalue weighted by molar-refractivity contribution is 5.69. The maximum Gasteiger partial charge on any atom is 0.143 e. The molecule has 1 saturated carbocycles. The molecule has 20 heavy (non-hydrogen) atoms. The Bertz CT molecular complexity index is 516. The molecule has 1 spiro atoms. The van der Waals surface area contributed by atoms with E-state index in [9.17, 15) is 5.26 Å². The van der Waals surface area contributed by atoms with Crippen molar-refractivity contribution in [2.75, 3.05) is 25.1 Å².